The van der Waals surface area contributed by atoms with Gasteiger partial charge in [0.25, 0.3) is 0 Å². The number of aryl methyl sites for hydroxylation is 1. The molecule has 2 aromatic rings. The zero-order valence-corrected chi connectivity index (χ0v) is 11.1. The molecule has 2 aromatic carbocycles. The second kappa shape index (κ2) is 6.01. The number of hydrogen-bond donors (Lipinski definition) is 0. The van der Waals surface area contributed by atoms with Crippen molar-refractivity contribution in [3.63, 3.8) is 0 Å². The third-order valence-electron chi connectivity index (χ3n) is 2.95. The van der Waals surface area contributed by atoms with Crippen molar-refractivity contribution in [1.82, 2.24) is 0 Å². The standard InChI is InChI=1S/C17H16O2/c1-13-5-3-4-6-16(13)17(18)12-9-14-7-10-15(19-2)11-8-14/h3-12H,1-2H3. The predicted octanol–water partition coefficient (Wildman–Crippen LogP) is 3.90. The summed E-state index contributed by atoms with van der Waals surface area (Å²) in [6.45, 7) is 1.94. The number of allylic oxidation sites excluding steroid dienone is 1. The van der Waals surface area contributed by atoms with Crippen molar-refractivity contribution in [1.29, 1.82) is 0 Å². The van der Waals surface area contributed by atoms with Gasteiger partial charge in [-0.05, 0) is 36.3 Å². The quantitative estimate of drug-likeness (QED) is 0.609. The van der Waals surface area contributed by atoms with Crippen LogP contribution in [-0.4, -0.2) is 12.9 Å². The Morgan fingerprint density at radius 3 is 2.37 bits per heavy atom. The fourth-order valence-electron chi connectivity index (χ4n) is 1.83. The van der Waals surface area contributed by atoms with Crippen molar-refractivity contribution in [3.05, 3.63) is 71.3 Å². The van der Waals surface area contributed by atoms with Crippen molar-refractivity contribution in [2.75, 3.05) is 7.11 Å². The highest BCUT2D eigenvalue weighted by atomic mass is 16.5. The Labute approximate surface area is 113 Å². The van der Waals surface area contributed by atoms with Crippen LogP contribution >= 0.6 is 0 Å². The summed E-state index contributed by atoms with van der Waals surface area (Å²) in [7, 11) is 1.63. The van der Waals surface area contributed by atoms with Gasteiger partial charge in [-0.25, -0.2) is 0 Å². The first kappa shape index (κ1) is 13.1. The van der Waals surface area contributed by atoms with Gasteiger partial charge in [-0.3, -0.25) is 4.79 Å². The summed E-state index contributed by atoms with van der Waals surface area (Å²) >= 11 is 0. The minimum atomic E-state index is 0.0221. The SMILES string of the molecule is COc1ccc(C=CC(=O)c2ccccc2C)cc1. The minimum Gasteiger partial charge on any atom is -0.497 e. The molecular weight excluding hydrogens is 236 g/mol. The number of hydrogen-bond acceptors (Lipinski definition) is 2. The largest absolute Gasteiger partial charge is 0.497 e. The normalized spacial score (nSPS) is 10.6. The minimum absolute atomic E-state index is 0.0221. The molecule has 2 heteroatoms. The van der Waals surface area contributed by atoms with Gasteiger partial charge in [0.2, 0.25) is 0 Å². The molecule has 0 heterocycles. The van der Waals surface area contributed by atoms with Crippen LogP contribution in [0.1, 0.15) is 21.5 Å². The molecule has 2 nitrogen and oxygen atoms in total. The molecule has 0 aromatic heterocycles. The third-order valence-corrected chi connectivity index (χ3v) is 2.95. The number of methoxy groups -OCH3 is 1. The summed E-state index contributed by atoms with van der Waals surface area (Å²) in [6.07, 6.45) is 3.42. The molecule has 0 aliphatic rings. The van der Waals surface area contributed by atoms with Crippen LogP contribution in [0.25, 0.3) is 6.08 Å². The average molecular weight is 252 g/mol. The zero-order chi connectivity index (χ0) is 13.7. The maximum atomic E-state index is 12.1. The molecular formula is C17H16O2. The van der Waals surface area contributed by atoms with Gasteiger partial charge in [-0.2, -0.15) is 0 Å². The van der Waals surface area contributed by atoms with Gasteiger partial charge in [0, 0.05) is 5.56 Å². The van der Waals surface area contributed by atoms with Crippen LogP contribution in [0.3, 0.4) is 0 Å². The van der Waals surface area contributed by atoms with Crippen molar-refractivity contribution in [3.8, 4) is 5.75 Å². The van der Waals surface area contributed by atoms with E-state index in [1.807, 2.05) is 61.5 Å². The number of carbonyl (C=O) groups excluding carboxylic acids is 1. The van der Waals surface area contributed by atoms with E-state index in [4.69, 9.17) is 4.74 Å². The van der Waals surface area contributed by atoms with Crippen molar-refractivity contribution < 1.29 is 9.53 Å². The predicted molar refractivity (Wildman–Crippen MR) is 77.5 cm³/mol. The first-order valence-corrected chi connectivity index (χ1v) is 6.13. The lowest BCUT2D eigenvalue weighted by Gasteiger charge is -2.01. The molecule has 0 fully saturated rings. The van der Waals surface area contributed by atoms with Gasteiger partial charge in [0.15, 0.2) is 5.78 Å². The van der Waals surface area contributed by atoms with Crippen LogP contribution in [-0.2, 0) is 0 Å². The van der Waals surface area contributed by atoms with E-state index in [1.54, 1.807) is 13.2 Å². The van der Waals surface area contributed by atoms with Gasteiger partial charge in [0.1, 0.15) is 5.75 Å². The third kappa shape index (κ3) is 3.32. The van der Waals surface area contributed by atoms with Crippen LogP contribution < -0.4 is 4.74 Å². The summed E-state index contributed by atoms with van der Waals surface area (Å²) in [6, 6.07) is 15.2. The maximum Gasteiger partial charge on any atom is 0.186 e. The highest BCUT2D eigenvalue weighted by Gasteiger charge is 2.03. The lowest BCUT2D eigenvalue weighted by Crippen LogP contribution is -1.96. The molecule has 0 aliphatic heterocycles. The Bertz CT molecular complexity index is 595. The van der Waals surface area contributed by atoms with Crippen LogP contribution in [0.4, 0.5) is 0 Å². The number of ketones is 1. The lowest BCUT2D eigenvalue weighted by atomic mass is 10.0. The maximum absolute atomic E-state index is 12.1. The van der Waals surface area contributed by atoms with E-state index in [9.17, 15) is 4.79 Å². The smallest absolute Gasteiger partial charge is 0.186 e. The monoisotopic (exact) mass is 252 g/mol. The highest BCUT2D eigenvalue weighted by molar-refractivity contribution is 6.07. The van der Waals surface area contributed by atoms with Gasteiger partial charge >= 0.3 is 0 Å². The van der Waals surface area contributed by atoms with E-state index < -0.39 is 0 Å². The molecule has 0 bridgehead atoms. The van der Waals surface area contributed by atoms with Crippen LogP contribution in [0.5, 0.6) is 5.75 Å². The van der Waals surface area contributed by atoms with Gasteiger partial charge in [-0.1, -0.05) is 42.5 Å². The molecule has 0 saturated heterocycles. The van der Waals surface area contributed by atoms with E-state index >= 15 is 0 Å². The van der Waals surface area contributed by atoms with E-state index in [2.05, 4.69) is 0 Å². The molecule has 0 atom stereocenters. The van der Waals surface area contributed by atoms with E-state index in [0.29, 0.717) is 0 Å². The summed E-state index contributed by atoms with van der Waals surface area (Å²) in [4.78, 5) is 12.1. The number of carbonyl (C=O) groups is 1. The summed E-state index contributed by atoms with van der Waals surface area (Å²) in [5.41, 5.74) is 2.71. The van der Waals surface area contributed by atoms with E-state index in [1.165, 1.54) is 0 Å². The van der Waals surface area contributed by atoms with Gasteiger partial charge < -0.3 is 4.74 Å². The van der Waals surface area contributed by atoms with Crippen molar-refractivity contribution in [2.24, 2.45) is 0 Å². The second-order valence-corrected chi connectivity index (χ2v) is 4.29. The van der Waals surface area contributed by atoms with Gasteiger partial charge in [0.05, 0.1) is 7.11 Å². The Morgan fingerprint density at radius 2 is 1.74 bits per heavy atom. The first-order chi connectivity index (χ1) is 9.20. The molecule has 0 radical (unpaired) electrons. The highest BCUT2D eigenvalue weighted by Crippen LogP contribution is 2.13. The summed E-state index contributed by atoms with van der Waals surface area (Å²) in [5, 5.41) is 0. The van der Waals surface area contributed by atoms with Gasteiger partial charge in [-0.15, -0.1) is 0 Å². The molecule has 0 spiro atoms. The second-order valence-electron chi connectivity index (χ2n) is 4.29. The number of benzene rings is 2. The van der Waals surface area contributed by atoms with E-state index in [-0.39, 0.29) is 5.78 Å². The molecule has 0 aliphatic carbocycles. The zero-order valence-electron chi connectivity index (χ0n) is 11.1. The van der Waals surface area contributed by atoms with Crippen LogP contribution in [0.15, 0.2) is 54.6 Å². The molecule has 0 N–H and O–H groups in total. The Morgan fingerprint density at radius 1 is 1.05 bits per heavy atom. The number of ether oxygens (including phenoxy) is 1. The van der Waals surface area contributed by atoms with Crippen molar-refractivity contribution in [2.45, 2.75) is 6.92 Å². The molecule has 0 amide bonds. The lowest BCUT2D eigenvalue weighted by molar-refractivity contribution is 0.104. The van der Waals surface area contributed by atoms with Crippen molar-refractivity contribution >= 4 is 11.9 Å². The molecule has 0 unspecified atom stereocenters. The Hall–Kier alpha value is -2.35. The fraction of sp³-hybridized carbons (Fsp3) is 0.118. The van der Waals surface area contributed by atoms with Crippen LogP contribution in [0.2, 0.25) is 0 Å². The molecule has 0 saturated carbocycles. The fourth-order valence-corrected chi connectivity index (χ4v) is 1.83. The first-order valence-electron chi connectivity index (χ1n) is 6.13. The average Bonchev–Trinajstić information content (AvgIpc) is 2.46. The topological polar surface area (TPSA) is 26.3 Å². The Balaban J connectivity index is 2.14. The molecule has 19 heavy (non-hydrogen) atoms. The van der Waals surface area contributed by atoms with E-state index in [0.717, 1.165) is 22.4 Å². The summed E-state index contributed by atoms with van der Waals surface area (Å²) in [5.74, 6) is 0.830. The summed E-state index contributed by atoms with van der Waals surface area (Å²) < 4.78 is 5.09. The van der Waals surface area contributed by atoms with Crippen LogP contribution in [0, 0.1) is 6.92 Å². The molecule has 96 valence electrons. The molecule has 2 rings (SSSR count). The number of rotatable bonds is 4. The Kier molecular flexibility index (Phi) is 4.14.